The van der Waals surface area contributed by atoms with Crippen LogP contribution in [0.25, 0.3) is 22.5 Å². The van der Waals surface area contributed by atoms with E-state index >= 15 is 0 Å². The molecule has 8 heteroatoms. The quantitative estimate of drug-likeness (QED) is 0.267. The molecule has 0 fully saturated rings. The Balaban J connectivity index is 1.75. The second-order valence-electron chi connectivity index (χ2n) is 9.16. The van der Waals surface area contributed by atoms with Gasteiger partial charge in [0.2, 0.25) is 0 Å². The van der Waals surface area contributed by atoms with E-state index in [1.807, 2.05) is 49.4 Å². The van der Waals surface area contributed by atoms with E-state index in [4.69, 9.17) is 21.7 Å². The first-order valence-electron chi connectivity index (χ1n) is 12.3. The van der Waals surface area contributed by atoms with Crippen molar-refractivity contribution in [3.63, 3.8) is 0 Å². The predicted octanol–water partition coefficient (Wildman–Crippen LogP) is 6.04. The zero-order valence-corrected chi connectivity index (χ0v) is 22.3. The van der Waals surface area contributed by atoms with Crippen LogP contribution in [-0.4, -0.2) is 50.1 Å². The fourth-order valence-corrected chi connectivity index (χ4v) is 4.30. The Morgan fingerprint density at radius 3 is 2.47 bits per heavy atom. The van der Waals surface area contributed by atoms with Gasteiger partial charge >= 0.3 is 5.97 Å². The molecule has 4 aromatic rings. The number of aromatic nitrogens is 3. The maximum atomic E-state index is 12.9. The fourth-order valence-electron chi connectivity index (χ4n) is 4.17. The molecule has 0 saturated carbocycles. The second-order valence-corrected chi connectivity index (χ2v) is 9.59. The molecule has 7 nitrogen and oxygen atoms in total. The van der Waals surface area contributed by atoms with Gasteiger partial charge in [0.1, 0.15) is 6.54 Å². The minimum Gasteiger partial charge on any atom is -0.480 e. The van der Waals surface area contributed by atoms with Crippen LogP contribution >= 0.6 is 11.6 Å². The Labute approximate surface area is 226 Å². The summed E-state index contributed by atoms with van der Waals surface area (Å²) >= 11 is 6.09. The van der Waals surface area contributed by atoms with Gasteiger partial charge in [-0.2, -0.15) is 5.10 Å². The van der Waals surface area contributed by atoms with Crippen molar-refractivity contribution in [2.45, 2.75) is 20.3 Å². The highest BCUT2D eigenvalue weighted by Gasteiger charge is 2.20. The number of fused-ring (bicyclic) bond motifs is 1. The summed E-state index contributed by atoms with van der Waals surface area (Å²) in [5, 5.41) is 14.2. The number of carbonyl (C=O) groups is 2. The molecule has 194 valence electrons. The molecule has 2 aromatic heterocycles. The lowest BCUT2D eigenvalue weighted by molar-refractivity contribution is -0.137. The summed E-state index contributed by atoms with van der Waals surface area (Å²) in [6.07, 6.45) is 7.12. The van der Waals surface area contributed by atoms with E-state index in [0.29, 0.717) is 22.3 Å². The molecule has 0 aliphatic carbocycles. The Kier molecular flexibility index (Phi) is 8.38. The maximum absolute atomic E-state index is 12.9. The molecule has 1 unspecified atom stereocenters. The highest BCUT2D eigenvalue weighted by molar-refractivity contribution is 6.30. The average molecular weight is 529 g/mol. The van der Waals surface area contributed by atoms with Crippen LogP contribution in [0.3, 0.4) is 0 Å². The number of likely N-dealkylation sites (N-methyl/N-ethyl adjacent to an activating group) is 1. The van der Waals surface area contributed by atoms with E-state index in [2.05, 4.69) is 36.3 Å². The first-order valence-corrected chi connectivity index (χ1v) is 12.7. The van der Waals surface area contributed by atoms with Crippen molar-refractivity contribution >= 4 is 34.7 Å². The Bertz CT molecular complexity index is 1510. The largest absolute Gasteiger partial charge is 0.480 e. The summed E-state index contributed by atoms with van der Waals surface area (Å²) < 4.78 is 1.63. The molecule has 0 saturated heterocycles. The van der Waals surface area contributed by atoms with Crippen molar-refractivity contribution in [2.75, 3.05) is 13.6 Å². The van der Waals surface area contributed by atoms with E-state index < -0.39 is 18.4 Å². The van der Waals surface area contributed by atoms with Crippen molar-refractivity contribution in [3.05, 3.63) is 107 Å². The van der Waals surface area contributed by atoms with Gasteiger partial charge in [0.05, 0.1) is 11.4 Å². The van der Waals surface area contributed by atoms with Crippen LogP contribution in [0, 0.1) is 5.92 Å². The van der Waals surface area contributed by atoms with Crippen LogP contribution in [0.4, 0.5) is 0 Å². The molecule has 1 amide bonds. The number of aliphatic carboxylic acids is 1. The topological polar surface area (TPSA) is 87.8 Å². The summed E-state index contributed by atoms with van der Waals surface area (Å²) in [7, 11) is 1.43. The molecular formula is C30H29ClN4O3. The number of benzene rings is 2. The molecule has 1 N–H and O–H groups in total. The molecule has 1 atom stereocenters. The van der Waals surface area contributed by atoms with Gasteiger partial charge in [-0.3, -0.25) is 9.59 Å². The van der Waals surface area contributed by atoms with E-state index in [0.717, 1.165) is 28.2 Å². The van der Waals surface area contributed by atoms with Crippen LogP contribution in [0.1, 0.15) is 35.6 Å². The fraction of sp³-hybridized carbons (Fsp3) is 0.200. The van der Waals surface area contributed by atoms with Gasteiger partial charge in [0, 0.05) is 23.7 Å². The molecule has 0 spiro atoms. The third kappa shape index (κ3) is 6.36. The van der Waals surface area contributed by atoms with Gasteiger partial charge in [-0.05, 0) is 48.6 Å². The van der Waals surface area contributed by atoms with Gasteiger partial charge in [0.15, 0.2) is 11.3 Å². The van der Waals surface area contributed by atoms with Crippen LogP contribution in [0.15, 0.2) is 85.0 Å². The van der Waals surface area contributed by atoms with Gasteiger partial charge in [-0.25, -0.2) is 9.50 Å². The Hall–Kier alpha value is -4.23. The monoisotopic (exact) mass is 528 g/mol. The predicted molar refractivity (Wildman–Crippen MR) is 150 cm³/mol. The first kappa shape index (κ1) is 26.8. The smallest absolute Gasteiger partial charge is 0.323 e. The molecular weight excluding hydrogens is 500 g/mol. The lowest BCUT2D eigenvalue weighted by atomic mass is 9.99. The summed E-state index contributed by atoms with van der Waals surface area (Å²) in [4.78, 5) is 29.9. The number of halogens is 1. The van der Waals surface area contributed by atoms with Gasteiger partial charge in [-0.1, -0.05) is 79.2 Å². The van der Waals surface area contributed by atoms with E-state index in [1.54, 1.807) is 22.7 Å². The first-order chi connectivity index (χ1) is 18.2. The average Bonchev–Trinajstić information content (AvgIpc) is 3.33. The van der Waals surface area contributed by atoms with Crippen molar-refractivity contribution in [1.82, 2.24) is 19.5 Å². The van der Waals surface area contributed by atoms with E-state index in [-0.39, 0.29) is 5.69 Å². The van der Waals surface area contributed by atoms with E-state index in [1.165, 1.54) is 12.6 Å². The number of hydrogen-bond donors (Lipinski definition) is 1. The third-order valence-electron chi connectivity index (χ3n) is 6.12. The third-order valence-corrected chi connectivity index (χ3v) is 6.37. The van der Waals surface area contributed by atoms with Crippen molar-refractivity contribution < 1.29 is 14.7 Å². The van der Waals surface area contributed by atoms with Crippen LogP contribution in [0.5, 0.6) is 0 Å². The number of nitrogens with zero attached hydrogens (tertiary/aromatic N) is 4. The SMILES string of the molecule is C/C=C(\C=C/C(C)Cc1ccccc1)c1cc(-c2ccc(Cl)cc2)nc2cc(C(=O)N(C)CC(=O)O)nn12. The number of hydrogen-bond acceptors (Lipinski definition) is 4. The van der Waals surface area contributed by atoms with Crippen LogP contribution < -0.4 is 0 Å². The molecule has 38 heavy (non-hydrogen) atoms. The number of carboxylic acids is 1. The van der Waals surface area contributed by atoms with Gasteiger partial charge in [-0.15, -0.1) is 0 Å². The second kappa shape index (κ2) is 11.9. The maximum Gasteiger partial charge on any atom is 0.323 e. The summed E-state index contributed by atoms with van der Waals surface area (Å²) in [5.74, 6) is -1.30. The van der Waals surface area contributed by atoms with Gasteiger partial charge in [0.25, 0.3) is 5.91 Å². The number of allylic oxidation sites excluding steroid dienone is 4. The van der Waals surface area contributed by atoms with E-state index in [9.17, 15) is 9.59 Å². The van der Waals surface area contributed by atoms with Crippen molar-refractivity contribution in [3.8, 4) is 11.3 Å². The highest BCUT2D eigenvalue weighted by Crippen LogP contribution is 2.27. The Morgan fingerprint density at radius 1 is 1.11 bits per heavy atom. The lowest BCUT2D eigenvalue weighted by Crippen LogP contribution is -2.32. The molecule has 0 aliphatic heterocycles. The number of carbonyl (C=O) groups excluding carboxylic acids is 1. The van der Waals surface area contributed by atoms with Gasteiger partial charge < -0.3 is 10.0 Å². The molecule has 0 aliphatic rings. The molecule has 2 aromatic carbocycles. The van der Waals surface area contributed by atoms with Crippen LogP contribution in [-0.2, 0) is 11.2 Å². The summed E-state index contributed by atoms with van der Waals surface area (Å²) in [5.41, 5.74) is 5.10. The summed E-state index contributed by atoms with van der Waals surface area (Å²) in [6.45, 7) is 3.69. The number of rotatable bonds is 9. The summed E-state index contributed by atoms with van der Waals surface area (Å²) in [6, 6.07) is 21.2. The van der Waals surface area contributed by atoms with Crippen LogP contribution in [0.2, 0.25) is 5.02 Å². The van der Waals surface area contributed by atoms with Crippen molar-refractivity contribution in [1.29, 1.82) is 0 Å². The zero-order valence-electron chi connectivity index (χ0n) is 21.5. The minimum atomic E-state index is -1.10. The number of amides is 1. The highest BCUT2D eigenvalue weighted by atomic mass is 35.5. The molecule has 4 rings (SSSR count). The normalized spacial score (nSPS) is 12.7. The molecule has 0 bridgehead atoms. The molecule has 0 radical (unpaired) electrons. The molecule has 2 heterocycles. The zero-order chi connectivity index (χ0) is 27.2. The number of carboxylic acid groups (broad SMARTS) is 1. The lowest BCUT2D eigenvalue weighted by Gasteiger charge is -2.12. The van der Waals surface area contributed by atoms with Crippen molar-refractivity contribution in [2.24, 2.45) is 5.92 Å². The standard InChI is InChI=1S/C30H29ClN4O3/c1-4-22(11-10-20(2)16-21-8-6-5-7-9-21)27-17-25(23-12-14-24(31)15-13-23)32-28-18-26(33-35(27)28)30(38)34(3)19-29(36)37/h4-15,17-18,20H,16,19H2,1-3H3,(H,36,37)/b11-10-,22-4+. The Morgan fingerprint density at radius 2 is 1.82 bits per heavy atom. The minimum absolute atomic E-state index is 0.118.